The van der Waals surface area contributed by atoms with Gasteiger partial charge >= 0.3 is 6.09 Å². The number of hydrogen-bond donors (Lipinski definition) is 0. The minimum absolute atomic E-state index is 0.212. The summed E-state index contributed by atoms with van der Waals surface area (Å²) in [5.41, 5.74) is 1.75. The summed E-state index contributed by atoms with van der Waals surface area (Å²) in [4.78, 5) is 13.9. The average molecular weight is 309 g/mol. The van der Waals surface area contributed by atoms with E-state index in [1.807, 2.05) is 42.5 Å². The molecule has 0 N–H and O–H groups in total. The first-order chi connectivity index (χ1) is 11.2. The smallest absolute Gasteiger partial charge is 0.414 e. The molecule has 0 aromatic heterocycles. The Balaban J connectivity index is 1.71. The quantitative estimate of drug-likeness (QED) is 0.830. The van der Waals surface area contributed by atoms with Gasteiger partial charge in [0.2, 0.25) is 0 Å². The van der Waals surface area contributed by atoms with Gasteiger partial charge in [-0.15, -0.1) is 0 Å². The van der Waals surface area contributed by atoms with E-state index in [-0.39, 0.29) is 18.5 Å². The fourth-order valence-electron chi connectivity index (χ4n) is 2.40. The second-order valence-electron chi connectivity index (χ2n) is 5.17. The average Bonchev–Trinajstić information content (AvgIpc) is 2.61. The van der Waals surface area contributed by atoms with Crippen molar-refractivity contribution in [1.82, 2.24) is 4.90 Å². The van der Waals surface area contributed by atoms with E-state index >= 15 is 0 Å². The first-order valence-electron chi connectivity index (χ1n) is 7.33. The molecule has 23 heavy (non-hydrogen) atoms. The van der Waals surface area contributed by atoms with Gasteiger partial charge in [-0.3, -0.25) is 4.90 Å². The molecule has 0 bridgehead atoms. The Hall–Kier alpha value is -2.88. The molecule has 2 aromatic carbocycles. The van der Waals surface area contributed by atoms with Crippen LogP contribution in [0.3, 0.4) is 0 Å². The number of allylic oxidation sites excluding steroid dienone is 2. The minimum Gasteiger partial charge on any atom is -0.444 e. The van der Waals surface area contributed by atoms with Gasteiger partial charge in [0.15, 0.2) is 0 Å². The van der Waals surface area contributed by atoms with Crippen LogP contribution in [0, 0.1) is 5.82 Å². The third-order valence-corrected chi connectivity index (χ3v) is 3.58. The van der Waals surface area contributed by atoms with Crippen LogP contribution >= 0.6 is 0 Å². The summed E-state index contributed by atoms with van der Waals surface area (Å²) >= 11 is 0. The summed E-state index contributed by atoms with van der Waals surface area (Å²) in [5.74, 6) is -0.303. The van der Waals surface area contributed by atoms with Gasteiger partial charge in [-0.2, -0.15) is 0 Å². The lowest BCUT2D eigenvalue weighted by atomic mass is 10.0. The molecule has 0 unspecified atom stereocenters. The second-order valence-corrected chi connectivity index (χ2v) is 5.17. The molecule has 0 saturated heterocycles. The molecule has 1 heterocycles. The van der Waals surface area contributed by atoms with Crippen molar-refractivity contribution >= 4 is 6.09 Å². The monoisotopic (exact) mass is 309 g/mol. The molecule has 1 aliphatic heterocycles. The summed E-state index contributed by atoms with van der Waals surface area (Å²) < 4.78 is 18.5. The normalized spacial score (nSPS) is 16.4. The maximum Gasteiger partial charge on any atom is 0.414 e. The summed E-state index contributed by atoms with van der Waals surface area (Å²) in [6, 6.07) is 15.3. The molecule has 0 radical (unpaired) electrons. The molecule has 0 aliphatic carbocycles. The lowest BCUT2D eigenvalue weighted by molar-refractivity contribution is 0.103. The van der Waals surface area contributed by atoms with Gasteiger partial charge in [0.05, 0.1) is 6.04 Å². The number of carbonyl (C=O) groups is 1. The predicted molar refractivity (Wildman–Crippen MR) is 85.9 cm³/mol. The Morgan fingerprint density at radius 2 is 1.78 bits per heavy atom. The zero-order chi connectivity index (χ0) is 16.1. The van der Waals surface area contributed by atoms with Crippen LogP contribution in [0.5, 0.6) is 0 Å². The number of halogens is 1. The molecule has 0 fully saturated rings. The Bertz CT molecular complexity index is 723. The zero-order valence-electron chi connectivity index (χ0n) is 12.4. The van der Waals surface area contributed by atoms with Gasteiger partial charge in [0, 0.05) is 6.20 Å². The van der Waals surface area contributed by atoms with Crippen molar-refractivity contribution < 1.29 is 13.9 Å². The van der Waals surface area contributed by atoms with Crippen molar-refractivity contribution in [3.63, 3.8) is 0 Å². The van der Waals surface area contributed by atoms with Gasteiger partial charge in [0.1, 0.15) is 12.4 Å². The number of carbonyl (C=O) groups excluding carboxylic acids is 1. The first-order valence-corrected chi connectivity index (χ1v) is 7.33. The van der Waals surface area contributed by atoms with Crippen molar-refractivity contribution in [3.05, 3.63) is 96.0 Å². The van der Waals surface area contributed by atoms with E-state index in [1.54, 1.807) is 24.4 Å². The number of nitrogens with zero attached hydrogens (tertiary/aromatic N) is 1. The topological polar surface area (TPSA) is 29.5 Å². The van der Waals surface area contributed by atoms with Gasteiger partial charge in [0.25, 0.3) is 0 Å². The molecule has 3 rings (SSSR count). The predicted octanol–water partition coefficient (Wildman–Crippen LogP) is 4.59. The number of ether oxygens (including phenoxy) is 1. The van der Waals surface area contributed by atoms with E-state index in [4.69, 9.17) is 4.74 Å². The molecule has 0 saturated carbocycles. The first kappa shape index (κ1) is 15.0. The Morgan fingerprint density at radius 1 is 1.04 bits per heavy atom. The summed E-state index contributed by atoms with van der Waals surface area (Å²) in [7, 11) is 0. The lowest BCUT2D eigenvalue weighted by Gasteiger charge is -2.28. The lowest BCUT2D eigenvalue weighted by Crippen LogP contribution is -2.31. The van der Waals surface area contributed by atoms with Crippen LogP contribution < -0.4 is 0 Å². The van der Waals surface area contributed by atoms with Crippen molar-refractivity contribution in [2.24, 2.45) is 0 Å². The molecule has 1 atom stereocenters. The minimum atomic E-state index is -0.441. The molecule has 3 nitrogen and oxygen atoms in total. The molecule has 116 valence electrons. The summed E-state index contributed by atoms with van der Waals surface area (Å²) in [6.07, 6.45) is 6.72. The Kier molecular flexibility index (Phi) is 4.52. The van der Waals surface area contributed by atoms with Crippen molar-refractivity contribution in [1.29, 1.82) is 0 Å². The second kappa shape index (κ2) is 6.92. The fraction of sp³-hybridized carbons (Fsp3) is 0.105. The Labute approximate surface area is 134 Å². The van der Waals surface area contributed by atoms with Crippen LogP contribution in [0.1, 0.15) is 17.2 Å². The highest BCUT2D eigenvalue weighted by Gasteiger charge is 2.24. The highest BCUT2D eigenvalue weighted by molar-refractivity contribution is 5.70. The summed E-state index contributed by atoms with van der Waals surface area (Å²) in [5, 5.41) is 0. The Morgan fingerprint density at radius 3 is 2.52 bits per heavy atom. The standard InChI is InChI=1S/C19H16FNO2/c20-17-11-9-16(10-12-17)18-8-4-5-13-21(18)19(22)23-14-15-6-2-1-3-7-15/h1-13,18H,14H2/t18-/m1/s1. The fourth-order valence-corrected chi connectivity index (χ4v) is 2.40. The van der Waals surface area contributed by atoms with Crippen LogP contribution in [0.4, 0.5) is 9.18 Å². The van der Waals surface area contributed by atoms with Gasteiger partial charge in [-0.1, -0.05) is 54.6 Å². The van der Waals surface area contributed by atoms with E-state index in [0.29, 0.717) is 0 Å². The highest BCUT2D eigenvalue weighted by atomic mass is 19.1. The van der Waals surface area contributed by atoms with Gasteiger partial charge < -0.3 is 4.74 Å². The van der Waals surface area contributed by atoms with Crippen molar-refractivity contribution in [2.45, 2.75) is 12.6 Å². The molecule has 0 spiro atoms. The van der Waals surface area contributed by atoms with E-state index in [1.165, 1.54) is 17.0 Å². The van der Waals surface area contributed by atoms with E-state index in [0.717, 1.165) is 11.1 Å². The van der Waals surface area contributed by atoms with Crippen LogP contribution in [0.25, 0.3) is 0 Å². The number of rotatable bonds is 3. The third-order valence-electron chi connectivity index (χ3n) is 3.58. The van der Waals surface area contributed by atoms with E-state index in [9.17, 15) is 9.18 Å². The molecular weight excluding hydrogens is 293 g/mol. The number of benzene rings is 2. The van der Waals surface area contributed by atoms with Crippen molar-refractivity contribution in [3.8, 4) is 0 Å². The zero-order valence-corrected chi connectivity index (χ0v) is 12.4. The van der Waals surface area contributed by atoms with Crippen LogP contribution in [0.15, 0.2) is 79.0 Å². The van der Waals surface area contributed by atoms with Crippen LogP contribution in [0.2, 0.25) is 0 Å². The SMILES string of the molecule is O=C(OCc1ccccc1)N1C=CC=C[C@@H]1c1ccc(F)cc1. The van der Waals surface area contributed by atoms with E-state index < -0.39 is 6.09 Å². The number of amides is 1. The van der Waals surface area contributed by atoms with Gasteiger partial charge in [-0.25, -0.2) is 9.18 Å². The molecule has 2 aromatic rings. The van der Waals surface area contributed by atoms with Crippen molar-refractivity contribution in [2.75, 3.05) is 0 Å². The third kappa shape index (κ3) is 3.66. The van der Waals surface area contributed by atoms with Gasteiger partial charge in [-0.05, 0) is 29.3 Å². The molecule has 4 heteroatoms. The largest absolute Gasteiger partial charge is 0.444 e. The van der Waals surface area contributed by atoms with E-state index in [2.05, 4.69) is 0 Å². The summed E-state index contributed by atoms with van der Waals surface area (Å²) in [6.45, 7) is 0.212. The molecule has 1 amide bonds. The molecular formula is C19H16FNO2. The highest BCUT2D eigenvalue weighted by Crippen LogP contribution is 2.26. The maximum absolute atomic E-state index is 13.1. The number of hydrogen-bond acceptors (Lipinski definition) is 2. The van der Waals surface area contributed by atoms with Crippen LogP contribution in [-0.2, 0) is 11.3 Å². The maximum atomic E-state index is 13.1. The van der Waals surface area contributed by atoms with Crippen LogP contribution in [-0.4, -0.2) is 11.0 Å². The molecule has 1 aliphatic rings.